The highest BCUT2D eigenvalue weighted by molar-refractivity contribution is 5.87. The predicted octanol–water partition coefficient (Wildman–Crippen LogP) is 2.61. The van der Waals surface area contributed by atoms with Gasteiger partial charge in [-0.05, 0) is 30.9 Å². The number of ether oxygens (including phenoxy) is 1. The van der Waals surface area contributed by atoms with Crippen molar-refractivity contribution in [1.29, 1.82) is 0 Å². The van der Waals surface area contributed by atoms with Crippen LogP contribution >= 0.6 is 0 Å². The molecule has 4 heteroatoms. The first-order valence-electron chi connectivity index (χ1n) is 5.63. The van der Waals surface area contributed by atoms with Gasteiger partial charge in [0.25, 0.3) is 0 Å². The van der Waals surface area contributed by atoms with Crippen molar-refractivity contribution < 1.29 is 14.6 Å². The maximum Gasteiger partial charge on any atom is 0.313 e. The second-order valence-electron chi connectivity index (χ2n) is 4.72. The van der Waals surface area contributed by atoms with Gasteiger partial charge in [0, 0.05) is 17.6 Å². The van der Waals surface area contributed by atoms with E-state index in [1.54, 1.807) is 27.2 Å². The maximum absolute atomic E-state index is 11.2. The Labute approximate surface area is 105 Å². The molecule has 0 amide bonds. The molecule has 4 nitrogen and oxygen atoms in total. The number of fused-ring (bicyclic) bond motifs is 1. The number of hydrogen-bond donors (Lipinski definition) is 1. The van der Waals surface area contributed by atoms with Crippen LogP contribution in [0.4, 0.5) is 0 Å². The molecule has 0 unspecified atom stereocenters. The zero-order valence-corrected chi connectivity index (χ0v) is 10.6. The van der Waals surface area contributed by atoms with Crippen molar-refractivity contribution in [2.24, 2.45) is 0 Å². The number of nitrogens with zero attached hydrogens (tertiary/aromatic N) is 1. The molecule has 0 radical (unpaired) electrons. The summed E-state index contributed by atoms with van der Waals surface area (Å²) in [5.74, 6) is -0.295. The summed E-state index contributed by atoms with van der Waals surface area (Å²) >= 11 is 0. The molecule has 0 saturated heterocycles. The van der Waals surface area contributed by atoms with E-state index in [9.17, 15) is 9.90 Å². The van der Waals surface area contributed by atoms with Crippen LogP contribution in [-0.4, -0.2) is 23.2 Å². The van der Waals surface area contributed by atoms with E-state index < -0.39 is 11.4 Å². The van der Waals surface area contributed by atoms with Gasteiger partial charge in [-0.25, -0.2) is 4.98 Å². The Morgan fingerprint density at radius 1 is 1.28 bits per heavy atom. The molecule has 1 N–H and O–H groups in total. The second kappa shape index (κ2) is 4.29. The van der Waals surface area contributed by atoms with Gasteiger partial charge in [0.1, 0.15) is 0 Å². The third kappa shape index (κ3) is 2.01. The van der Waals surface area contributed by atoms with Gasteiger partial charge in [-0.2, -0.15) is 0 Å². The van der Waals surface area contributed by atoms with Crippen LogP contribution in [0.15, 0.2) is 30.5 Å². The largest absolute Gasteiger partial charge is 0.481 e. The summed E-state index contributed by atoms with van der Waals surface area (Å²) in [6, 6.07) is 7.40. The standard InChI is InChI=1S/C14H15NO3/c1-14(2,13(16)17)11-5-4-9-7-12(18-3)15-8-10(9)6-11/h4-8H,1-3H3,(H,16,17). The monoisotopic (exact) mass is 245 g/mol. The summed E-state index contributed by atoms with van der Waals surface area (Å²) in [6.07, 6.45) is 1.69. The van der Waals surface area contributed by atoms with Gasteiger partial charge in [0.15, 0.2) is 0 Å². The molecular formula is C14H15NO3. The fourth-order valence-corrected chi connectivity index (χ4v) is 1.75. The molecular weight excluding hydrogens is 230 g/mol. The van der Waals surface area contributed by atoms with Gasteiger partial charge >= 0.3 is 5.97 Å². The van der Waals surface area contributed by atoms with E-state index in [2.05, 4.69) is 4.98 Å². The number of benzene rings is 1. The summed E-state index contributed by atoms with van der Waals surface area (Å²) in [7, 11) is 1.57. The van der Waals surface area contributed by atoms with Crippen LogP contribution in [0, 0.1) is 0 Å². The number of carboxylic acids is 1. The van der Waals surface area contributed by atoms with Crippen LogP contribution in [0.25, 0.3) is 10.8 Å². The van der Waals surface area contributed by atoms with Crippen molar-refractivity contribution >= 4 is 16.7 Å². The molecule has 0 aliphatic carbocycles. The number of pyridine rings is 1. The fourth-order valence-electron chi connectivity index (χ4n) is 1.75. The normalized spacial score (nSPS) is 11.5. The molecule has 0 bridgehead atoms. The Morgan fingerprint density at radius 3 is 2.61 bits per heavy atom. The number of aromatic nitrogens is 1. The first-order valence-corrected chi connectivity index (χ1v) is 5.63. The van der Waals surface area contributed by atoms with Gasteiger partial charge in [0.2, 0.25) is 5.88 Å². The molecule has 1 heterocycles. The highest BCUT2D eigenvalue weighted by Crippen LogP contribution is 2.27. The number of methoxy groups -OCH3 is 1. The number of carbonyl (C=O) groups is 1. The Bertz CT molecular complexity index is 605. The third-order valence-electron chi connectivity index (χ3n) is 3.16. The van der Waals surface area contributed by atoms with Crippen LogP contribution in [-0.2, 0) is 10.2 Å². The van der Waals surface area contributed by atoms with Crippen molar-refractivity contribution in [2.75, 3.05) is 7.11 Å². The molecule has 1 aromatic carbocycles. The topological polar surface area (TPSA) is 59.4 Å². The molecule has 0 aliphatic heterocycles. The Kier molecular flexibility index (Phi) is 2.95. The van der Waals surface area contributed by atoms with Crippen LogP contribution in [0.3, 0.4) is 0 Å². The highest BCUT2D eigenvalue weighted by Gasteiger charge is 2.29. The molecule has 2 rings (SSSR count). The number of aliphatic carboxylic acids is 1. The summed E-state index contributed by atoms with van der Waals surface area (Å²) in [4.78, 5) is 15.3. The van der Waals surface area contributed by atoms with Gasteiger partial charge in [-0.15, -0.1) is 0 Å². The Morgan fingerprint density at radius 2 is 2.00 bits per heavy atom. The molecule has 2 aromatic rings. The third-order valence-corrected chi connectivity index (χ3v) is 3.16. The van der Waals surface area contributed by atoms with E-state index in [0.29, 0.717) is 5.88 Å². The highest BCUT2D eigenvalue weighted by atomic mass is 16.5. The lowest BCUT2D eigenvalue weighted by Crippen LogP contribution is -2.28. The van der Waals surface area contributed by atoms with E-state index in [-0.39, 0.29) is 0 Å². The van der Waals surface area contributed by atoms with Crippen molar-refractivity contribution in [2.45, 2.75) is 19.3 Å². The predicted molar refractivity (Wildman–Crippen MR) is 69.0 cm³/mol. The summed E-state index contributed by atoms with van der Waals surface area (Å²) in [6.45, 7) is 3.38. The SMILES string of the molecule is COc1cc2ccc(C(C)(C)C(=O)O)cc2cn1. The molecule has 1 aromatic heterocycles. The quantitative estimate of drug-likeness (QED) is 0.903. The average molecular weight is 245 g/mol. The van der Waals surface area contributed by atoms with Crippen LogP contribution in [0.2, 0.25) is 0 Å². The number of carboxylic acid groups (broad SMARTS) is 1. The van der Waals surface area contributed by atoms with Crippen molar-refractivity contribution in [3.8, 4) is 5.88 Å². The summed E-state index contributed by atoms with van der Waals surface area (Å²) in [5, 5.41) is 11.1. The van der Waals surface area contributed by atoms with Gasteiger partial charge in [-0.1, -0.05) is 12.1 Å². The van der Waals surface area contributed by atoms with E-state index in [4.69, 9.17) is 4.74 Å². The summed E-state index contributed by atoms with van der Waals surface area (Å²) in [5.41, 5.74) is -0.150. The minimum atomic E-state index is -0.909. The zero-order chi connectivity index (χ0) is 13.3. The molecule has 0 spiro atoms. The maximum atomic E-state index is 11.2. The van der Waals surface area contributed by atoms with Crippen molar-refractivity contribution in [3.63, 3.8) is 0 Å². The first-order chi connectivity index (χ1) is 8.45. The van der Waals surface area contributed by atoms with E-state index in [1.165, 1.54) is 0 Å². The smallest absolute Gasteiger partial charge is 0.313 e. The Balaban J connectivity index is 2.55. The number of hydrogen-bond acceptors (Lipinski definition) is 3. The number of rotatable bonds is 3. The molecule has 0 fully saturated rings. The van der Waals surface area contributed by atoms with E-state index >= 15 is 0 Å². The first kappa shape index (κ1) is 12.4. The van der Waals surface area contributed by atoms with Crippen LogP contribution in [0.5, 0.6) is 5.88 Å². The Hall–Kier alpha value is -2.10. The fraction of sp³-hybridized carbons (Fsp3) is 0.286. The van der Waals surface area contributed by atoms with Crippen LogP contribution in [0.1, 0.15) is 19.4 Å². The molecule has 94 valence electrons. The minimum Gasteiger partial charge on any atom is -0.481 e. The molecule has 0 aliphatic rings. The lowest BCUT2D eigenvalue weighted by molar-refractivity contribution is -0.142. The van der Waals surface area contributed by atoms with Crippen LogP contribution < -0.4 is 4.74 Å². The average Bonchev–Trinajstić information content (AvgIpc) is 2.37. The zero-order valence-electron chi connectivity index (χ0n) is 10.6. The van der Waals surface area contributed by atoms with Gasteiger partial charge in [-0.3, -0.25) is 4.79 Å². The van der Waals surface area contributed by atoms with Gasteiger partial charge in [0.05, 0.1) is 12.5 Å². The second-order valence-corrected chi connectivity index (χ2v) is 4.72. The molecule has 18 heavy (non-hydrogen) atoms. The molecule has 0 saturated carbocycles. The van der Waals surface area contributed by atoms with Crippen molar-refractivity contribution in [3.05, 3.63) is 36.0 Å². The van der Waals surface area contributed by atoms with Crippen molar-refractivity contribution in [1.82, 2.24) is 4.98 Å². The van der Waals surface area contributed by atoms with E-state index in [1.807, 2.05) is 24.3 Å². The summed E-state index contributed by atoms with van der Waals surface area (Å²) < 4.78 is 5.05. The minimum absolute atomic E-state index is 0.549. The lowest BCUT2D eigenvalue weighted by atomic mass is 9.84. The lowest BCUT2D eigenvalue weighted by Gasteiger charge is -2.20. The van der Waals surface area contributed by atoms with E-state index in [0.717, 1.165) is 16.3 Å². The molecule has 0 atom stereocenters. The van der Waals surface area contributed by atoms with Gasteiger partial charge < -0.3 is 9.84 Å².